The van der Waals surface area contributed by atoms with Gasteiger partial charge in [0, 0.05) is 6.04 Å². The van der Waals surface area contributed by atoms with Gasteiger partial charge in [-0.15, -0.1) is 0 Å². The molecule has 0 aliphatic heterocycles. The fraction of sp³-hybridized carbons (Fsp3) is 0.938. The molecule has 3 nitrogen and oxygen atoms in total. The van der Waals surface area contributed by atoms with Gasteiger partial charge in [-0.1, -0.05) is 46.0 Å². The van der Waals surface area contributed by atoms with Crippen molar-refractivity contribution in [2.75, 3.05) is 6.61 Å². The zero-order valence-electron chi connectivity index (χ0n) is 13.0. The molecule has 0 heterocycles. The molecule has 1 rings (SSSR count). The minimum Gasteiger partial charge on any atom is -0.465 e. The van der Waals surface area contributed by atoms with Crippen LogP contribution >= 0.6 is 0 Å². The van der Waals surface area contributed by atoms with Crippen molar-refractivity contribution < 1.29 is 9.53 Å². The molecule has 19 heavy (non-hydrogen) atoms. The van der Waals surface area contributed by atoms with Crippen LogP contribution in [0.25, 0.3) is 0 Å². The Morgan fingerprint density at radius 3 is 2.16 bits per heavy atom. The monoisotopic (exact) mass is 269 g/mol. The van der Waals surface area contributed by atoms with E-state index < -0.39 is 5.54 Å². The lowest BCUT2D eigenvalue weighted by molar-refractivity contribution is -0.152. The van der Waals surface area contributed by atoms with Gasteiger partial charge in [0.15, 0.2) is 0 Å². The predicted molar refractivity (Wildman–Crippen MR) is 79.2 cm³/mol. The van der Waals surface area contributed by atoms with Crippen LogP contribution in [0.5, 0.6) is 0 Å². The summed E-state index contributed by atoms with van der Waals surface area (Å²) in [5, 5.41) is 3.68. The lowest BCUT2D eigenvalue weighted by Gasteiger charge is -2.37. The number of carbonyl (C=O) groups is 1. The average molecular weight is 269 g/mol. The molecule has 0 radical (unpaired) electrons. The Hall–Kier alpha value is -0.570. The minimum absolute atomic E-state index is 0.0377. The van der Waals surface area contributed by atoms with Crippen LogP contribution < -0.4 is 5.32 Å². The summed E-state index contributed by atoms with van der Waals surface area (Å²) in [5.74, 6) is -0.0377. The summed E-state index contributed by atoms with van der Waals surface area (Å²) in [6, 6.07) is 0.497. The molecule has 0 aromatic carbocycles. The average Bonchev–Trinajstić information content (AvgIpc) is 2.40. The molecule has 0 amide bonds. The number of nitrogens with one attached hydrogen (secondary N) is 1. The van der Waals surface area contributed by atoms with E-state index in [2.05, 4.69) is 19.2 Å². The summed E-state index contributed by atoms with van der Waals surface area (Å²) in [6.45, 7) is 6.65. The number of ether oxygens (including phenoxy) is 1. The molecule has 0 atom stereocenters. The lowest BCUT2D eigenvalue weighted by atomic mass is 9.85. The minimum atomic E-state index is -0.443. The summed E-state index contributed by atoms with van der Waals surface area (Å²) < 4.78 is 5.35. The fourth-order valence-electron chi connectivity index (χ4n) is 3.29. The van der Waals surface area contributed by atoms with Gasteiger partial charge >= 0.3 is 5.97 Å². The first-order chi connectivity index (χ1) is 9.18. The van der Waals surface area contributed by atoms with E-state index in [4.69, 9.17) is 4.74 Å². The number of hydrogen-bond donors (Lipinski definition) is 1. The molecular weight excluding hydrogens is 238 g/mol. The zero-order chi connectivity index (χ0) is 14.1. The molecule has 1 fully saturated rings. The standard InChI is InChI=1S/C16H31NO2/c1-4-12-16(13-5-2,15(18)19-6-3)17-14-10-8-7-9-11-14/h14,17H,4-13H2,1-3H3. The predicted octanol–water partition coefficient (Wildman–Crippen LogP) is 3.81. The van der Waals surface area contributed by atoms with E-state index in [0.29, 0.717) is 12.6 Å². The van der Waals surface area contributed by atoms with Crippen molar-refractivity contribution in [3.05, 3.63) is 0 Å². The molecule has 0 unspecified atom stereocenters. The number of esters is 1. The van der Waals surface area contributed by atoms with E-state index >= 15 is 0 Å². The number of hydrogen-bond acceptors (Lipinski definition) is 3. The van der Waals surface area contributed by atoms with Crippen LogP contribution in [0.4, 0.5) is 0 Å². The van der Waals surface area contributed by atoms with E-state index in [1.165, 1.54) is 32.1 Å². The third-order valence-corrected chi connectivity index (χ3v) is 4.11. The van der Waals surface area contributed by atoms with Gasteiger partial charge in [-0.25, -0.2) is 0 Å². The second-order valence-electron chi connectivity index (χ2n) is 5.78. The Morgan fingerprint density at radius 2 is 1.68 bits per heavy atom. The summed E-state index contributed by atoms with van der Waals surface area (Å²) in [4.78, 5) is 12.4. The maximum absolute atomic E-state index is 12.4. The van der Waals surface area contributed by atoms with Crippen molar-refractivity contribution >= 4 is 5.97 Å². The maximum Gasteiger partial charge on any atom is 0.326 e. The smallest absolute Gasteiger partial charge is 0.326 e. The molecular formula is C16H31NO2. The largest absolute Gasteiger partial charge is 0.465 e. The van der Waals surface area contributed by atoms with Crippen LogP contribution in [-0.4, -0.2) is 24.2 Å². The molecule has 1 N–H and O–H groups in total. The molecule has 0 spiro atoms. The topological polar surface area (TPSA) is 38.3 Å². The maximum atomic E-state index is 12.4. The van der Waals surface area contributed by atoms with Gasteiger partial charge in [0.05, 0.1) is 6.61 Å². The highest BCUT2D eigenvalue weighted by Crippen LogP contribution is 2.26. The fourth-order valence-corrected chi connectivity index (χ4v) is 3.29. The van der Waals surface area contributed by atoms with Gasteiger partial charge in [0.2, 0.25) is 0 Å². The van der Waals surface area contributed by atoms with Gasteiger partial charge in [-0.3, -0.25) is 10.1 Å². The lowest BCUT2D eigenvalue weighted by Crippen LogP contribution is -2.57. The zero-order valence-corrected chi connectivity index (χ0v) is 13.0. The van der Waals surface area contributed by atoms with Crippen LogP contribution in [-0.2, 0) is 9.53 Å². The molecule has 3 heteroatoms. The summed E-state index contributed by atoms with van der Waals surface area (Å²) in [5.41, 5.74) is -0.443. The second-order valence-corrected chi connectivity index (χ2v) is 5.78. The Kier molecular flexibility index (Phi) is 7.44. The van der Waals surface area contributed by atoms with Crippen LogP contribution in [0.3, 0.4) is 0 Å². The van der Waals surface area contributed by atoms with E-state index in [9.17, 15) is 4.79 Å². The summed E-state index contributed by atoms with van der Waals surface area (Å²) >= 11 is 0. The normalized spacial score (nSPS) is 17.4. The highest BCUT2D eigenvalue weighted by atomic mass is 16.5. The quantitative estimate of drug-likeness (QED) is 0.681. The van der Waals surface area contributed by atoms with Gasteiger partial charge < -0.3 is 4.74 Å². The van der Waals surface area contributed by atoms with Crippen molar-refractivity contribution in [1.29, 1.82) is 0 Å². The van der Waals surface area contributed by atoms with Gasteiger partial charge in [0.1, 0.15) is 5.54 Å². The molecule has 0 aromatic rings. The van der Waals surface area contributed by atoms with E-state index in [1.807, 2.05) is 6.92 Å². The molecule has 0 aromatic heterocycles. The highest BCUT2D eigenvalue weighted by molar-refractivity contribution is 5.80. The van der Waals surface area contributed by atoms with Gasteiger partial charge in [-0.2, -0.15) is 0 Å². The van der Waals surface area contributed by atoms with E-state index in [-0.39, 0.29) is 5.97 Å². The molecule has 112 valence electrons. The van der Waals surface area contributed by atoms with Crippen molar-refractivity contribution in [3.8, 4) is 0 Å². The second kappa shape index (κ2) is 8.57. The molecule has 1 saturated carbocycles. The first-order valence-corrected chi connectivity index (χ1v) is 8.13. The van der Waals surface area contributed by atoms with Crippen LogP contribution in [0.15, 0.2) is 0 Å². The molecule has 0 bridgehead atoms. The molecule has 1 aliphatic rings. The van der Waals surface area contributed by atoms with Crippen molar-refractivity contribution in [3.63, 3.8) is 0 Å². The Labute approximate surface area is 118 Å². The van der Waals surface area contributed by atoms with Crippen LogP contribution in [0.2, 0.25) is 0 Å². The van der Waals surface area contributed by atoms with Crippen molar-refractivity contribution in [2.24, 2.45) is 0 Å². The molecule has 1 aliphatic carbocycles. The molecule has 0 saturated heterocycles. The first kappa shape index (κ1) is 16.5. The summed E-state index contributed by atoms with van der Waals surface area (Å²) in [6.07, 6.45) is 10.1. The number of rotatable bonds is 8. The first-order valence-electron chi connectivity index (χ1n) is 8.13. The van der Waals surface area contributed by atoms with Gasteiger partial charge in [0.25, 0.3) is 0 Å². The van der Waals surface area contributed by atoms with Crippen molar-refractivity contribution in [2.45, 2.75) is 90.1 Å². The Balaban J connectivity index is 2.76. The van der Waals surface area contributed by atoms with E-state index in [0.717, 1.165) is 25.7 Å². The number of carbonyl (C=O) groups excluding carboxylic acids is 1. The van der Waals surface area contributed by atoms with Gasteiger partial charge in [-0.05, 0) is 32.6 Å². The van der Waals surface area contributed by atoms with Crippen LogP contribution in [0.1, 0.15) is 78.6 Å². The third-order valence-electron chi connectivity index (χ3n) is 4.11. The Morgan fingerprint density at radius 1 is 1.11 bits per heavy atom. The highest BCUT2D eigenvalue weighted by Gasteiger charge is 2.39. The van der Waals surface area contributed by atoms with Crippen LogP contribution in [0, 0.1) is 0 Å². The SMILES string of the molecule is CCCC(CCC)(NC1CCCCC1)C(=O)OCC. The third kappa shape index (κ3) is 4.79. The Bertz CT molecular complexity index is 253. The summed E-state index contributed by atoms with van der Waals surface area (Å²) in [7, 11) is 0. The van der Waals surface area contributed by atoms with Crippen molar-refractivity contribution in [1.82, 2.24) is 5.32 Å². The van der Waals surface area contributed by atoms with E-state index in [1.54, 1.807) is 0 Å².